The summed E-state index contributed by atoms with van der Waals surface area (Å²) in [5.41, 5.74) is 0. The van der Waals surface area contributed by atoms with Crippen molar-refractivity contribution in [1.29, 1.82) is 0 Å². The molecule has 0 saturated heterocycles. The van der Waals surface area contributed by atoms with Gasteiger partial charge >= 0.3 is 0 Å². The van der Waals surface area contributed by atoms with Crippen molar-refractivity contribution >= 4 is 64.4 Å². The molecule has 3 aromatic carbocycles. The summed E-state index contributed by atoms with van der Waals surface area (Å²) >= 11 is 4.06. The van der Waals surface area contributed by atoms with Crippen LogP contribution in [-0.2, 0) is 12.8 Å². The first kappa shape index (κ1) is 25.7. The Hall–Kier alpha value is -1.90. The fourth-order valence-electron chi connectivity index (χ4n) is 5.73. The van der Waals surface area contributed by atoms with Crippen molar-refractivity contribution in [2.24, 2.45) is 0 Å². The number of aryl methyl sites for hydroxylation is 2. The van der Waals surface area contributed by atoms with E-state index in [4.69, 9.17) is 0 Å². The first-order valence-electron chi connectivity index (χ1n) is 14.6. The average Bonchev–Trinajstić information content (AvgIpc) is 3.51. The van der Waals surface area contributed by atoms with Gasteiger partial charge in [-0.25, -0.2) is 0 Å². The second kappa shape index (κ2) is 12.6. The molecule has 0 aliphatic heterocycles. The van der Waals surface area contributed by atoms with Gasteiger partial charge in [-0.05, 0) is 59.4 Å². The maximum atomic E-state index is 2.45. The van der Waals surface area contributed by atoms with E-state index in [0.717, 1.165) is 0 Å². The molecule has 0 aliphatic carbocycles. The van der Waals surface area contributed by atoms with Crippen LogP contribution in [0, 0.1) is 0 Å². The molecule has 0 aliphatic rings. The molecular formula is C34H42S2. The van der Waals surface area contributed by atoms with Crippen molar-refractivity contribution in [2.45, 2.75) is 104 Å². The Balaban J connectivity index is 1.35. The number of fused-ring (bicyclic) bond motifs is 7. The van der Waals surface area contributed by atoms with Gasteiger partial charge in [-0.3, -0.25) is 0 Å². The summed E-state index contributed by atoms with van der Waals surface area (Å²) in [6, 6.07) is 19.2. The van der Waals surface area contributed by atoms with Crippen LogP contribution in [0.25, 0.3) is 41.7 Å². The Morgan fingerprint density at radius 3 is 1.28 bits per heavy atom. The van der Waals surface area contributed by atoms with Crippen molar-refractivity contribution < 1.29 is 0 Å². The zero-order valence-electron chi connectivity index (χ0n) is 22.3. The van der Waals surface area contributed by atoms with Crippen LogP contribution in [0.3, 0.4) is 0 Å². The van der Waals surface area contributed by atoms with Crippen LogP contribution in [0.1, 0.15) is 101 Å². The van der Waals surface area contributed by atoms with E-state index in [0.29, 0.717) is 0 Å². The highest BCUT2D eigenvalue weighted by molar-refractivity contribution is 7.20. The molecule has 0 bridgehead atoms. The Morgan fingerprint density at radius 1 is 0.444 bits per heavy atom. The van der Waals surface area contributed by atoms with E-state index >= 15 is 0 Å². The smallest absolute Gasteiger partial charge is 0.0424 e. The number of thiophene rings is 2. The van der Waals surface area contributed by atoms with Crippen molar-refractivity contribution in [3.8, 4) is 0 Å². The van der Waals surface area contributed by atoms with Crippen molar-refractivity contribution in [2.75, 3.05) is 0 Å². The van der Waals surface area contributed by atoms with Gasteiger partial charge in [0.1, 0.15) is 0 Å². The van der Waals surface area contributed by atoms with Crippen LogP contribution < -0.4 is 0 Å². The lowest BCUT2D eigenvalue weighted by Gasteiger charge is -2.06. The largest absolute Gasteiger partial charge is 0.140 e. The third-order valence-electron chi connectivity index (χ3n) is 7.81. The van der Waals surface area contributed by atoms with Crippen LogP contribution in [0.4, 0.5) is 0 Å². The zero-order valence-corrected chi connectivity index (χ0v) is 24.0. The number of benzene rings is 3. The topological polar surface area (TPSA) is 0 Å². The lowest BCUT2D eigenvalue weighted by Crippen LogP contribution is -1.82. The molecule has 0 nitrogen and oxygen atoms in total. The minimum Gasteiger partial charge on any atom is -0.140 e. The monoisotopic (exact) mass is 514 g/mol. The molecule has 5 aromatic rings. The lowest BCUT2D eigenvalue weighted by atomic mass is 9.99. The Kier molecular flexibility index (Phi) is 8.98. The standard InChI is InChI=1S/C34H42S2/c1-3-5-7-9-11-13-15-27-23-25-17-19-29-30-20-18-26-24-28(16-14-12-10-8-6-4-2)36-34(26)32(30)22-21-31(29)33(25)35-27/h17-24H,3-16H2,1-2H3. The molecule has 0 spiro atoms. The summed E-state index contributed by atoms with van der Waals surface area (Å²) in [5.74, 6) is 0. The van der Waals surface area contributed by atoms with Gasteiger partial charge < -0.3 is 0 Å². The highest BCUT2D eigenvalue weighted by Crippen LogP contribution is 2.40. The molecular weight excluding hydrogens is 473 g/mol. The fourth-order valence-corrected chi connectivity index (χ4v) is 8.18. The molecule has 2 aromatic heterocycles. The van der Waals surface area contributed by atoms with E-state index in [9.17, 15) is 0 Å². The highest BCUT2D eigenvalue weighted by atomic mass is 32.1. The molecule has 0 amide bonds. The molecule has 36 heavy (non-hydrogen) atoms. The van der Waals surface area contributed by atoms with Crippen LogP contribution >= 0.6 is 22.7 Å². The molecule has 0 fully saturated rings. The van der Waals surface area contributed by atoms with Crippen molar-refractivity contribution in [3.63, 3.8) is 0 Å². The van der Waals surface area contributed by atoms with E-state index in [1.165, 1.54) is 132 Å². The second-order valence-corrected chi connectivity index (χ2v) is 13.0. The predicted molar refractivity (Wildman–Crippen MR) is 166 cm³/mol. The van der Waals surface area contributed by atoms with E-state index in [-0.39, 0.29) is 0 Å². The Labute approximate surface area is 225 Å². The molecule has 190 valence electrons. The summed E-state index contributed by atoms with van der Waals surface area (Å²) in [7, 11) is 0. The molecule has 2 heterocycles. The number of unbranched alkanes of at least 4 members (excludes halogenated alkanes) is 10. The zero-order chi connectivity index (χ0) is 24.7. The third kappa shape index (κ3) is 5.81. The van der Waals surface area contributed by atoms with Gasteiger partial charge in [0, 0.05) is 29.9 Å². The molecule has 0 unspecified atom stereocenters. The van der Waals surface area contributed by atoms with E-state index in [1.807, 2.05) is 22.7 Å². The number of hydrogen-bond acceptors (Lipinski definition) is 2. The van der Waals surface area contributed by atoms with Gasteiger partial charge in [0.25, 0.3) is 0 Å². The first-order valence-corrected chi connectivity index (χ1v) is 16.2. The summed E-state index contributed by atoms with van der Waals surface area (Å²) in [5, 5.41) is 8.55. The molecule has 0 atom stereocenters. The molecule has 2 heteroatoms. The van der Waals surface area contributed by atoms with E-state index < -0.39 is 0 Å². The number of hydrogen-bond donors (Lipinski definition) is 0. The summed E-state index contributed by atoms with van der Waals surface area (Å²) in [4.78, 5) is 3.11. The molecule has 5 rings (SSSR count). The average molecular weight is 515 g/mol. The minimum absolute atomic E-state index is 1.23. The molecule has 0 saturated carbocycles. The van der Waals surface area contributed by atoms with Crippen LogP contribution in [-0.4, -0.2) is 0 Å². The Morgan fingerprint density at radius 2 is 0.833 bits per heavy atom. The van der Waals surface area contributed by atoms with Gasteiger partial charge in [0.05, 0.1) is 0 Å². The van der Waals surface area contributed by atoms with Gasteiger partial charge in [-0.1, -0.05) is 114 Å². The van der Waals surface area contributed by atoms with Crippen molar-refractivity contribution in [1.82, 2.24) is 0 Å². The summed E-state index contributed by atoms with van der Waals surface area (Å²) in [6.07, 6.45) is 18.9. The van der Waals surface area contributed by atoms with E-state index in [2.05, 4.69) is 62.4 Å². The normalized spacial score (nSPS) is 12.1. The lowest BCUT2D eigenvalue weighted by molar-refractivity contribution is 0.609. The first-order chi connectivity index (χ1) is 17.8. The number of rotatable bonds is 14. The van der Waals surface area contributed by atoms with Crippen LogP contribution in [0.15, 0.2) is 48.5 Å². The van der Waals surface area contributed by atoms with Crippen LogP contribution in [0.5, 0.6) is 0 Å². The second-order valence-electron chi connectivity index (χ2n) is 10.7. The maximum absolute atomic E-state index is 2.45. The minimum atomic E-state index is 1.23. The fraction of sp³-hybridized carbons (Fsp3) is 0.471. The van der Waals surface area contributed by atoms with Gasteiger partial charge in [-0.2, -0.15) is 0 Å². The summed E-state index contributed by atoms with van der Waals surface area (Å²) < 4.78 is 2.95. The van der Waals surface area contributed by atoms with Gasteiger partial charge in [-0.15, -0.1) is 22.7 Å². The maximum Gasteiger partial charge on any atom is 0.0424 e. The SMILES string of the molecule is CCCCCCCCc1cc2ccc3c4ccc5cc(CCCCCCCC)sc5c4ccc3c2s1. The predicted octanol–water partition coefficient (Wildman–Crippen LogP) is 12.2. The molecule has 0 N–H and O–H groups in total. The summed E-state index contributed by atoms with van der Waals surface area (Å²) in [6.45, 7) is 4.59. The van der Waals surface area contributed by atoms with Crippen LogP contribution in [0.2, 0.25) is 0 Å². The van der Waals surface area contributed by atoms with E-state index in [1.54, 1.807) is 9.75 Å². The van der Waals surface area contributed by atoms with Gasteiger partial charge in [0.2, 0.25) is 0 Å². The highest BCUT2D eigenvalue weighted by Gasteiger charge is 2.12. The molecule has 0 radical (unpaired) electrons. The van der Waals surface area contributed by atoms with Crippen molar-refractivity contribution in [3.05, 3.63) is 58.3 Å². The van der Waals surface area contributed by atoms with Gasteiger partial charge in [0.15, 0.2) is 0 Å². The Bertz CT molecular complexity index is 1310. The quantitative estimate of drug-likeness (QED) is 0.102. The third-order valence-corrected chi connectivity index (χ3v) is 10.3.